The Balaban J connectivity index is 1.58. The van der Waals surface area contributed by atoms with Crippen molar-refractivity contribution in [3.63, 3.8) is 0 Å². The highest BCUT2D eigenvalue weighted by atomic mass is 35.5. The third-order valence-electron chi connectivity index (χ3n) is 5.93. The summed E-state index contributed by atoms with van der Waals surface area (Å²) in [5.41, 5.74) is 7.41. The van der Waals surface area contributed by atoms with Gasteiger partial charge in [-0.15, -0.1) is 0 Å². The molecule has 1 atom stereocenters. The standard InChI is InChI=1S/C26H20Cl2F2N8/c27-15-3-13(8-33-10-15)24(22(32)12-34-16-1-2-16)37-17-4-19-23(38-18-6-21(29)26(30)36-11-18)14(7-31)9-35-25(19)20(28)5-17/h3-6,8-12,16,24,34,37H,1-2,32H2,(H,35,38)/p+1. The second kappa shape index (κ2) is 10.8. The van der Waals surface area contributed by atoms with Crippen molar-refractivity contribution in [1.29, 1.82) is 5.26 Å². The average molecular weight is 554 g/mol. The number of hydrogen-bond donors (Lipinski definition) is 4. The molecule has 0 amide bonds. The summed E-state index contributed by atoms with van der Waals surface area (Å²) in [4.78, 5) is 11.9. The van der Waals surface area contributed by atoms with Gasteiger partial charge in [-0.1, -0.05) is 23.2 Å². The maximum atomic E-state index is 13.8. The molecule has 3 aromatic heterocycles. The third-order valence-corrected chi connectivity index (χ3v) is 6.43. The van der Waals surface area contributed by atoms with E-state index in [2.05, 4.69) is 42.7 Å². The fourth-order valence-electron chi connectivity index (χ4n) is 3.90. The van der Waals surface area contributed by atoms with Gasteiger partial charge >= 0.3 is 0 Å². The first-order chi connectivity index (χ1) is 18.3. The average Bonchev–Trinajstić information content (AvgIpc) is 3.73. The Labute approximate surface area is 226 Å². The molecule has 5 rings (SSSR count). The lowest BCUT2D eigenvalue weighted by atomic mass is 10.0. The molecule has 4 aromatic rings. The second-order valence-corrected chi connectivity index (χ2v) is 9.65. The van der Waals surface area contributed by atoms with Gasteiger partial charge in [0.2, 0.25) is 5.95 Å². The number of halogens is 4. The third kappa shape index (κ3) is 5.60. The summed E-state index contributed by atoms with van der Waals surface area (Å²) in [5.74, 6) is -2.35. The van der Waals surface area contributed by atoms with Gasteiger partial charge in [0.1, 0.15) is 17.8 Å². The van der Waals surface area contributed by atoms with Crippen molar-refractivity contribution in [3.8, 4) is 6.07 Å². The summed E-state index contributed by atoms with van der Waals surface area (Å²) in [5, 5.41) is 20.7. The smallest absolute Gasteiger partial charge is 0.249 e. The molecule has 38 heavy (non-hydrogen) atoms. The van der Waals surface area contributed by atoms with E-state index in [1.54, 1.807) is 30.6 Å². The second-order valence-electron chi connectivity index (χ2n) is 8.81. The van der Waals surface area contributed by atoms with Crippen molar-refractivity contribution < 1.29 is 14.5 Å². The first-order valence-electron chi connectivity index (χ1n) is 11.6. The molecule has 0 saturated heterocycles. The van der Waals surface area contributed by atoms with E-state index in [0.717, 1.165) is 36.4 Å². The van der Waals surface area contributed by atoms with E-state index in [4.69, 9.17) is 23.2 Å². The van der Waals surface area contributed by atoms with Crippen LogP contribution in [0, 0.1) is 23.1 Å². The quantitative estimate of drug-likeness (QED) is 0.220. The van der Waals surface area contributed by atoms with Crippen LogP contribution in [0.1, 0.15) is 30.0 Å². The number of rotatable bonds is 8. The molecular weight excluding hydrogens is 533 g/mol. The normalized spacial score (nSPS) is 14.2. The lowest BCUT2D eigenvalue weighted by molar-refractivity contribution is -0.309. The summed E-state index contributed by atoms with van der Waals surface area (Å²) in [6, 6.07) is 8.31. The van der Waals surface area contributed by atoms with E-state index in [1.807, 2.05) is 6.20 Å². The van der Waals surface area contributed by atoms with E-state index >= 15 is 0 Å². The zero-order valence-electron chi connectivity index (χ0n) is 19.8. The maximum absolute atomic E-state index is 13.8. The van der Waals surface area contributed by atoms with Crippen LogP contribution in [0.5, 0.6) is 0 Å². The Morgan fingerprint density at radius 3 is 2.61 bits per heavy atom. The molecule has 3 heterocycles. The number of pyridine rings is 3. The molecule has 1 saturated carbocycles. The van der Waals surface area contributed by atoms with Crippen LogP contribution in [0.2, 0.25) is 10.0 Å². The minimum atomic E-state index is -1.22. The van der Waals surface area contributed by atoms with Crippen molar-refractivity contribution >= 4 is 51.2 Å². The van der Waals surface area contributed by atoms with Crippen LogP contribution in [0.15, 0.2) is 60.9 Å². The van der Waals surface area contributed by atoms with Gasteiger partial charge in [0.05, 0.1) is 44.9 Å². The van der Waals surface area contributed by atoms with Crippen LogP contribution in [-0.4, -0.2) is 21.0 Å². The Bertz CT molecular complexity index is 1600. The highest BCUT2D eigenvalue weighted by molar-refractivity contribution is 6.36. The van der Waals surface area contributed by atoms with Crippen molar-refractivity contribution in [2.24, 2.45) is 0 Å². The topological polar surface area (TPSA) is 126 Å². The summed E-state index contributed by atoms with van der Waals surface area (Å²) < 4.78 is 27.2. The van der Waals surface area contributed by atoms with Crippen molar-refractivity contribution in [2.75, 3.05) is 10.6 Å². The number of fused-ring (bicyclic) bond motifs is 1. The molecule has 8 nitrogen and oxygen atoms in total. The Hall–Kier alpha value is -4.04. The number of aromatic nitrogens is 3. The van der Waals surface area contributed by atoms with Gasteiger partial charge < -0.3 is 21.7 Å². The van der Waals surface area contributed by atoms with Crippen LogP contribution in [0.25, 0.3) is 10.9 Å². The molecule has 0 aliphatic heterocycles. The van der Waals surface area contributed by atoms with Gasteiger partial charge in [-0.3, -0.25) is 9.97 Å². The molecule has 1 aromatic carbocycles. The van der Waals surface area contributed by atoms with E-state index in [1.165, 1.54) is 6.20 Å². The van der Waals surface area contributed by atoms with Crippen molar-refractivity contribution in [3.05, 3.63) is 93.9 Å². The van der Waals surface area contributed by atoms with Crippen LogP contribution in [-0.2, 0) is 0 Å². The molecule has 0 radical (unpaired) electrons. The molecule has 192 valence electrons. The molecule has 12 heteroatoms. The first kappa shape index (κ1) is 25.6. The predicted octanol–water partition coefficient (Wildman–Crippen LogP) is 5.21. The van der Waals surface area contributed by atoms with Crippen molar-refractivity contribution in [1.82, 2.24) is 20.3 Å². The van der Waals surface area contributed by atoms with E-state index in [9.17, 15) is 14.0 Å². The summed E-state index contributed by atoms with van der Waals surface area (Å²) in [7, 11) is 0. The highest BCUT2D eigenvalue weighted by Crippen LogP contribution is 2.36. The summed E-state index contributed by atoms with van der Waals surface area (Å²) in [6.07, 6.45) is 9.82. The Morgan fingerprint density at radius 1 is 1.08 bits per heavy atom. The molecule has 0 spiro atoms. The fourth-order valence-corrected chi connectivity index (χ4v) is 4.35. The summed E-state index contributed by atoms with van der Waals surface area (Å²) >= 11 is 12.8. The zero-order valence-corrected chi connectivity index (χ0v) is 21.3. The van der Waals surface area contributed by atoms with Crippen molar-refractivity contribution in [2.45, 2.75) is 24.9 Å². The van der Waals surface area contributed by atoms with Crippen LogP contribution in [0.3, 0.4) is 0 Å². The van der Waals surface area contributed by atoms with Gasteiger partial charge in [-0.05, 0) is 31.0 Å². The summed E-state index contributed by atoms with van der Waals surface area (Å²) in [6.45, 7) is 0. The SMILES string of the molecule is N#Cc1cnc2c(Cl)cc(NC(C([NH3+])=CNC3CC3)c3cncc(Cl)c3)cc2c1Nc1cnc(F)c(F)c1. The molecule has 1 aliphatic rings. The number of nitrogens with one attached hydrogen (secondary N) is 3. The molecule has 1 fully saturated rings. The van der Waals surface area contributed by atoms with Crippen LogP contribution in [0.4, 0.5) is 25.8 Å². The number of nitriles is 1. The zero-order chi connectivity index (χ0) is 26.8. The van der Waals surface area contributed by atoms with Gasteiger partial charge in [0.15, 0.2) is 5.82 Å². The lowest BCUT2D eigenvalue weighted by Crippen LogP contribution is -2.52. The van der Waals surface area contributed by atoms with E-state index in [-0.39, 0.29) is 11.3 Å². The number of quaternary nitrogens is 1. The Kier molecular flexibility index (Phi) is 7.24. The van der Waals surface area contributed by atoms with Gasteiger partial charge in [-0.2, -0.15) is 9.65 Å². The number of hydrogen-bond acceptors (Lipinski definition) is 7. The molecular formula is C26H21Cl2F2N8+. The van der Waals surface area contributed by atoms with Crippen LogP contribution >= 0.6 is 23.2 Å². The highest BCUT2D eigenvalue weighted by Gasteiger charge is 2.23. The predicted molar refractivity (Wildman–Crippen MR) is 142 cm³/mol. The Morgan fingerprint density at radius 2 is 1.89 bits per heavy atom. The number of nitrogens with zero attached hydrogens (tertiary/aromatic N) is 4. The monoisotopic (exact) mass is 553 g/mol. The minimum absolute atomic E-state index is 0.152. The molecule has 0 bridgehead atoms. The molecule has 1 aliphatic carbocycles. The fraction of sp³-hybridized carbons (Fsp3) is 0.154. The number of anilines is 3. The largest absolute Gasteiger partial charge is 0.384 e. The van der Waals surface area contributed by atoms with Gasteiger partial charge in [-0.25, -0.2) is 9.37 Å². The van der Waals surface area contributed by atoms with E-state index in [0.29, 0.717) is 38.4 Å². The molecule has 1 unspecified atom stereocenters. The minimum Gasteiger partial charge on any atom is -0.384 e. The van der Waals surface area contributed by atoms with Gasteiger partial charge in [0, 0.05) is 47.3 Å². The first-order valence-corrected chi connectivity index (χ1v) is 12.3. The van der Waals surface area contributed by atoms with Crippen LogP contribution < -0.4 is 21.7 Å². The van der Waals surface area contributed by atoms with E-state index < -0.39 is 17.8 Å². The lowest BCUT2D eigenvalue weighted by Gasteiger charge is -2.20. The van der Waals surface area contributed by atoms with Gasteiger partial charge in [0.25, 0.3) is 0 Å². The maximum Gasteiger partial charge on any atom is 0.249 e. The molecule has 6 N–H and O–H groups in total. The number of benzene rings is 1.